The van der Waals surface area contributed by atoms with Crippen LogP contribution in [0.1, 0.15) is 16.9 Å². The highest BCUT2D eigenvalue weighted by atomic mass is 16.5. The molecule has 5 heteroatoms. The summed E-state index contributed by atoms with van der Waals surface area (Å²) in [6.45, 7) is 4.46. The molecule has 0 saturated carbocycles. The number of hydrogen-bond donors (Lipinski definition) is 2. The summed E-state index contributed by atoms with van der Waals surface area (Å²) in [4.78, 5) is 11.5. The van der Waals surface area contributed by atoms with Crippen molar-refractivity contribution in [2.45, 2.75) is 20.4 Å². The van der Waals surface area contributed by atoms with Crippen LogP contribution in [-0.2, 0) is 6.54 Å². The van der Waals surface area contributed by atoms with Crippen LogP contribution in [-0.4, -0.2) is 12.8 Å². The Morgan fingerprint density at radius 2 is 2.10 bits per heavy atom. The molecular weight excluding hydrogens is 256 g/mol. The first-order valence-electron chi connectivity index (χ1n) is 6.39. The van der Waals surface area contributed by atoms with Gasteiger partial charge < -0.3 is 19.8 Å². The van der Waals surface area contributed by atoms with Gasteiger partial charge in [-0.25, -0.2) is 4.79 Å². The van der Waals surface area contributed by atoms with Gasteiger partial charge in [0, 0.05) is 0 Å². The third-order valence-electron chi connectivity index (χ3n) is 2.79. The fourth-order valence-electron chi connectivity index (χ4n) is 1.78. The van der Waals surface area contributed by atoms with Crippen LogP contribution in [0.25, 0.3) is 0 Å². The van der Waals surface area contributed by atoms with Crippen molar-refractivity contribution in [3.05, 3.63) is 53.5 Å². The van der Waals surface area contributed by atoms with Crippen LogP contribution in [0.4, 0.5) is 4.79 Å². The van der Waals surface area contributed by atoms with E-state index in [1.54, 1.807) is 18.4 Å². The van der Waals surface area contributed by atoms with E-state index in [1.165, 1.54) is 5.56 Å². The Labute approximate surface area is 117 Å². The van der Waals surface area contributed by atoms with Gasteiger partial charge in [0.25, 0.3) is 0 Å². The Morgan fingerprint density at radius 3 is 2.80 bits per heavy atom. The van der Waals surface area contributed by atoms with Crippen LogP contribution < -0.4 is 15.4 Å². The number of hydrogen-bond acceptors (Lipinski definition) is 3. The molecule has 0 saturated heterocycles. The van der Waals surface area contributed by atoms with Crippen molar-refractivity contribution in [2.75, 3.05) is 6.73 Å². The second-order valence-corrected chi connectivity index (χ2v) is 4.50. The van der Waals surface area contributed by atoms with Crippen molar-refractivity contribution in [3.63, 3.8) is 0 Å². The number of carbonyl (C=O) groups is 1. The van der Waals surface area contributed by atoms with Gasteiger partial charge in [-0.1, -0.05) is 17.7 Å². The van der Waals surface area contributed by atoms with Crippen LogP contribution in [0.15, 0.2) is 41.0 Å². The number of nitrogens with one attached hydrogen (secondary N) is 2. The van der Waals surface area contributed by atoms with E-state index < -0.39 is 0 Å². The molecular formula is C15H18N2O3. The Morgan fingerprint density at radius 1 is 1.25 bits per heavy atom. The fourth-order valence-corrected chi connectivity index (χ4v) is 1.78. The second-order valence-electron chi connectivity index (χ2n) is 4.50. The van der Waals surface area contributed by atoms with Gasteiger partial charge in [-0.15, -0.1) is 0 Å². The molecule has 0 radical (unpaired) electrons. The molecule has 2 rings (SSSR count). The molecule has 1 heterocycles. The minimum Gasteiger partial charge on any atom is -0.473 e. The van der Waals surface area contributed by atoms with Crippen molar-refractivity contribution < 1.29 is 13.9 Å². The number of carbonyl (C=O) groups excluding carboxylic acids is 1. The first-order valence-corrected chi connectivity index (χ1v) is 6.39. The molecule has 1 aromatic heterocycles. The van der Waals surface area contributed by atoms with E-state index in [0.717, 1.165) is 11.3 Å². The predicted octanol–water partition coefficient (Wildman–Crippen LogP) is 2.73. The van der Waals surface area contributed by atoms with E-state index >= 15 is 0 Å². The zero-order valence-corrected chi connectivity index (χ0v) is 11.6. The molecule has 0 aliphatic heterocycles. The Kier molecular flexibility index (Phi) is 4.65. The van der Waals surface area contributed by atoms with Gasteiger partial charge in [-0.3, -0.25) is 0 Å². The number of furan rings is 1. The third kappa shape index (κ3) is 4.05. The van der Waals surface area contributed by atoms with Crippen molar-refractivity contribution >= 4 is 6.03 Å². The van der Waals surface area contributed by atoms with Crippen LogP contribution in [0.5, 0.6) is 5.75 Å². The zero-order chi connectivity index (χ0) is 14.4. The van der Waals surface area contributed by atoms with E-state index in [1.807, 2.05) is 32.0 Å². The highest BCUT2D eigenvalue weighted by molar-refractivity contribution is 5.73. The molecule has 0 aliphatic carbocycles. The van der Waals surface area contributed by atoms with Gasteiger partial charge in [-0.05, 0) is 37.6 Å². The number of amides is 2. The van der Waals surface area contributed by atoms with E-state index in [-0.39, 0.29) is 12.8 Å². The molecule has 0 atom stereocenters. The highest BCUT2D eigenvalue weighted by Gasteiger charge is 2.03. The van der Waals surface area contributed by atoms with Crippen LogP contribution >= 0.6 is 0 Å². The third-order valence-corrected chi connectivity index (χ3v) is 2.79. The maximum Gasteiger partial charge on any atom is 0.317 e. The van der Waals surface area contributed by atoms with Crippen LogP contribution in [0.2, 0.25) is 0 Å². The molecule has 2 N–H and O–H groups in total. The summed E-state index contributed by atoms with van der Waals surface area (Å²) in [5.74, 6) is 1.47. The molecule has 5 nitrogen and oxygen atoms in total. The van der Waals surface area contributed by atoms with Gasteiger partial charge in [0.15, 0.2) is 6.73 Å². The number of ether oxygens (including phenoxy) is 1. The lowest BCUT2D eigenvalue weighted by Gasteiger charge is -2.11. The minimum atomic E-state index is -0.300. The Balaban J connectivity index is 1.71. The molecule has 0 fully saturated rings. The van der Waals surface area contributed by atoms with Gasteiger partial charge in [0.05, 0.1) is 12.8 Å². The zero-order valence-electron chi connectivity index (χ0n) is 11.6. The minimum absolute atomic E-state index is 0.119. The number of benzene rings is 1. The summed E-state index contributed by atoms with van der Waals surface area (Å²) in [6, 6.07) is 9.18. The van der Waals surface area contributed by atoms with Crippen LogP contribution in [0, 0.1) is 13.8 Å². The summed E-state index contributed by atoms with van der Waals surface area (Å²) in [5, 5.41) is 5.29. The number of urea groups is 1. The summed E-state index contributed by atoms with van der Waals surface area (Å²) < 4.78 is 10.6. The standard InChI is InChI=1S/C15H18N2O3/c1-11-5-6-14(12(2)8-11)20-10-17-15(18)16-9-13-4-3-7-19-13/h3-8H,9-10H2,1-2H3,(H2,16,17,18). The van der Waals surface area contributed by atoms with E-state index in [9.17, 15) is 4.79 Å². The average Bonchev–Trinajstić information content (AvgIpc) is 2.92. The smallest absolute Gasteiger partial charge is 0.317 e. The topological polar surface area (TPSA) is 63.5 Å². The summed E-state index contributed by atoms with van der Waals surface area (Å²) >= 11 is 0. The van der Waals surface area contributed by atoms with Gasteiger partial charge in [-0.2, -0.15) is 0 Å². The second kappa shape index (κ2) is 6.65. The Bertz CT molecular complexity index is 565. The molecule has 1 aromatic carbocycles. The van der Waals surface area contributed by atoms with E-state index in [2.05, 4.69) is 10.6 Å². The molecule has 0 unspecified atom stereocenters. The molecule has 0 aliphatic rings. The van der Waals surface area contributed by atoms with Crippen LogP contribution in [0.3, 0.4) is 0 Å². The molecule has 0 spiro atoms. The van der Waals surface area contributed by atoms with Gasteiger partial charge >= 0.3 is 6.03 Å². The molecule has 20 heavy (non-hydrogen) atoms. The fraction of sp³-hybridized carbons (Fsp3) is 0.267. The first kappa shape index (κ1) is 14.0. The van der Waals surface area contributed by atoms with Crippen molar-refractivity contribution in [2.24, 2.45) is 0 Å². The van der Waals surface area contributed by atoms with Crippen molar-refractivity contribution in [3.8, 4) is 5.75 Å². The first-order chi connectivity index (χ1) is 9.65. The summed E-state index contributed by atoms with van der Waals surface area (Å²) in [6.07, 6.45) is 1.57. The largest absolute Gasteiger partial charge is 0.473 e. The van der Waals surface area contributed by atoms with Crippen molar-refractivity contribution in [1.29, 1.82) is 0 Å². The monoisotopic (exact) mass is 274 g/mol. The number of aryl methyl sites for hydroxylation is 2. The van der Waals surface area contributed by atoms with E-state index in [4.69, 9.17) is 9.15 Å². The maximum atomic E-state index is 11.5. The predicted molar refractivity (Wildman–Crippen MR) is 75.5 cm³/mol. The average molecular weight is 274 g/mol. The Hall–Kier alpha value is -2.43. The molecule has 106 valence electrons. The van der Waals surface area contributed by atoms with Crippen molar-refractivity contribution in [1.82, 2.24) is 10.6 Å². The normalized spacial score (nSPS) is 10.1. The SMILES string of the molecule is Cc1ccc(OCNC(=O)NCc2ccco2)c(C)c1. The van der Waals surface area contributed by atoms with Gasteiger partial charge in [0.2, 0.25) is 0 Å². The molecule has 2 aromatic rings. The lowest BCUT2D eigenvalue weighted by molar-refractivity contribution is 0.222. The lowest BCUT2D eigenvalue weighted by Crippen LogP contribution is -2.37. The molecule has 0 bridgehead atoms. The highest BCUT2D eigenvalue weighted by Crippen LogP contribution is 2.18. The summed E-state index contributed by atoms with van der Waals surface area (Å²) in [7, 11) is 0. The lowest BCUT2D eigenvalue weighted by atomic mass is 10.1. The van der Waals surface area contributed by atoms with Gasteiger partial charge in [0.1, 0.15) is 11.5 Å². The number of rotatable bonds is 5. The quantitative estimate of drug-likeness (QED) is 0.824. The molecule has 2 amide bonds. The van der Waals surface area contributed by atoms with E-state index in [0.29, 0.717) is 12.3 Å². The summed E-state index contributed by atoms with van der Waals surface area (Å²) in [5.41, 5.74) is 2.22. The maximum absolute atomic E-state index is 11.5.